The molecular weight excluding hydrogens is 328 g/mol. The molecule has 0 bridgehead atoms. The lowest BCUT2D eigenvalue weighted by Crippen LogP contribution is -2.42. The molecule has 2 fully saturated rings. The van der Waals surface area contributed by atoms with Crippen LogP contribution in [-0.2, 0) is 0 Å². The number of likely N-dealkylation sites (tertiary alicyclic amines) is 1. The molecule has 1 aromatic rings. The minimum absolute atomic E-state index is 0.0897. The number of hydrogen-bond acceptors (Lipinski definition) is 2. The molecule has 0 aromatic heterocycles. The highest BCUT2D eigenvalue weighted by atomic mass is 79.9. The van der Waals surface area contributed by atoms with Crippen molar-refractivity contribution in [3.8, 4) is 0 Å². The Kier molecular flexibility index (Phi) is 3.58. The van der Waals surface area contributed by atoms with Crippen LogP contribution in [0.2, 0.25) is 5.02 Å². The van der Waals surface area contributed by atoms with Gasteiger partial charge in [-0.05, 0) is 37.5 Å². The fourth-order valence-corrected chi connectivity index (χ4v) is 4.20. The molecule has 2 aliphatic heterocycles. The van der Waals surface area contributed by atoms with Gasteiger partial charge in [-0.25, -0.2) is 0 Å². The van der Waals surface area contributed by atoms with E-state index in [4.69, 9.17) is 11.6 Å². The van der Waals surface area contributed by atoms with Gasteiger partial charge >= 0.3 is 0 Å². The summed E-state index contributed by atoms with van der Waals surface area (Å²) in [5, 5.41) is 3.96. The summed E-state index contributed by atoms with van der Waals surface area (Å²) in [7, 11) is 0. The Labute approximate surface area is 126 Å². The minimum Gasteiger partial charge on any atom is -0.331 e. The van der Waals surface area contributed by atoms with E-state index in [9.17, 15) is 4.79 Å². The van der Waals surface area contributed by atoms with Crippen LogP contribution in [0.5, 0.6) is 0 Å². The van der Waals surface area contributed by atoms with Gasteiger partial charge in [0.25, 0.3) is 5.91 Å². The quantitative estimate of drug-likeness (QED) is 0.850. The highest BCUT2D eigenvalue weighted by Gasteiger charge is 2.44. The van der Waals surface area contributed by atoms with Crippen LogP contribution in [0.15, 0.2) is 22.7 Å². The zero-order chi connectivity index (χ0) is 13.6. The molecular formula is C14H16BrClN2O. The van der Waals surface area contributed by atoms with E-state index in [2.05, 4.69) is 28.2 Å². The zero-order valence-electron chi connectivity index (χ0n) is 10.7. The second-order valence-corrected chi connectivity index (χ2v) is 6.79. The molecule has 5 heteroatoms. The monoisotopic (exact) mass is 342 g/mol. The van der Waals surface area contributed by atoms with Crippen molar-refractivity contribution in [2.24, 2.45) is 5.92 Å². The van der Waals surface area contributed by atoms with Gasteiger partial charge in [-0.3, -0.25) is 4.79 Å². The van der Waals surface area contributed by atoms with Crippen LogP contribution in [0.4, 0.5) is 0 Å². The average molecular weight is 344 g/mol. The van der Waals surface area contributed by atoms with Crippen LogP contribution < -0.4 is 5.32 Å². The van der Waals surface area contributed by atoms with Crippen LogP contribution in [0.25, 0.3) is 0 Å². The third-order valence-electron chi connectivity index (χ3n) is 4.12. The summed E-state index contributed by atoms with van der Waals surface area (Å²) in [6, 6.07) is 6.03. The Morgan fingerprint density at radius 1 is 1.42 bits per heavy atom. The van der Waals surface area contributed by atoms with Crippen LogP contribution >= 0.6 is 27.5 Å². The van der Waals surface area contributed by atoms with Crippen molar-refractivity contribution in [2.75, 3.05) is 13.1 Å². The smallest absolute Gasteiger partial charge is 0.254 e. The Bertz CT molecular complexity index is 502. The number of hydrogen-bond donors (Lipinski definition) is 1. The normalized spacial score (nSPS) is 29.6. The molecule has 1 N–H and O–H groups in total. The molecule has 102 valence electrons. The van der Waals surface area contributed by atoms with Crippen molar-refractivity contribution in [1.29, 1.82) is 0 Å². The molecule has 2 heterocycles. The minimum atomic E-state index is 0.0897. The van der Waals surface area contributed by atoms with Crippen molar-refractivity contribution >= 4 is 33.4 Å². The van der Waals surface area contributed by atoms with Crippen LogP contribution in [-0.4, -0.2) is 36.0 Å². The molecule has 2 saturated heterocycles. The largest absolute Gasteiger partial charge is 0.331 e. The van der Waals surface area contributed by atoms with Gasteiger partial charge < -0.3 is 10.2 Å². The molecule has 19 heavy (non-hydrogen) atoms. The second kappa shape index (κ2) is 5.08. The molecule has 2 aliphatic rings. The molecule has 3 nitrogen and oxygen atoms in total. The summed E-state index contributed by atoms with van der Waals surface area (Å²) in [4.78, 5) is 14.8. The SMILES string of the molecule is CC1CC2CNCC2N1C(=O)c1cc(Cl)cc(Br)c1. The molecule has 0 aliphatic carbocycles. The highest BCUT2D eigenvalue weighted by Crippen LogP contribution is 2.34. The molecule has 1 aromatic carbocycles. The van der Waals surface area contributed by atoms with E-state index in [1.165, 1.54) is 0 Å². The Hall–Kier alpha value is -0.580. The summed E-state index contributed by atoms with van der Waals surface area (Å²) in [5.41, 5.74) is 0.666. The van der Waals surface area contributed by atoms with Crippen molar-refractivity contribution in [2.45, 2.75) is 25.4 Å². The maximum absolute atomic E-state index is 12.7. The van der Waals surface area contributed by atoms with Crippen molar-refractivity contribution in [3.63, 3.8) is 0 Å². The van der Waals surface area contributed by atoms with Gasteiger partial charge in [-0.2, -0.15) is 0 Å². The van der Waals surface area contributed by atoms with Gasteiger partial charge in [0.2, 0.25) is 0 Å². The second-order valence-electron chi connectivity index (χ2n) is 5.44. The van der Waals surface area contributed by atoms with Gasteiger partial charge in [0.1, 0.15) is 0 Å². The number of rotatable bonds is 1. The number of benzene rings is 1. The van der Waals surface area contributed by atoms with E-state index >= 15 is 0 Å². The Morgan fingerprint density at radius 2 is 2.21 bits per heavy atom. The van der Waals surface area contributed by atoms with Gasteiger partial charge in [0.15, 0.2) is 0 Å². The fraction of sp³-hybridized carbons (Fsp3) is 0.500. The zero-order valence-corrected chi connectivity index (χ0v) is 13.0. The summed E-state index contributed by atoms with van der Waals surface area (Å²) in [6.45, 7) is 4.07. The molecule has 3 unspecified atom stereocenters. The number of amides is 1. The fourth-order valence-electron chi connectivity index (χ4n) is 3.34. The summed E-state index contributed by atoms with van der Waals surface area (Å²) in [5.74, 6) is 0.688. The lowest BCUT2D eigenvalue weighted by Gasteiger charge is -2.27. The third kappa shape index (κ3) is 2.41. The van der Waals surface area contributed by atoms with Crippen LogP contribution in [0, 0.1) is 5.92 Å². The number of nitrogens with zero attached hydrogens (tertiary/aromatic N) is 1. The number of halogens is 2. The molecule has 0 radical (unpaired) electrons. The molecule has 3 atom stereocenters. The summed E-state index contributed by atoms with van der Waals surface area (Å²) in [6.07, 6.45) is 1.09. The molecule has 0 spiro atoms. The average Bonchev–Trinajstić information content (AvgIpc) is 2.86. The van der Waals surface area contributed by atoms with E-state index < -0.39 is 0 Å². The van der Waals surface area contributed by atoms with E-state index in [-0.39, 0.29) is 5.91 Å². The molecule has 3 rings (SSSR count). The lowest BCUT2D eigenvalue weighted by atomic mass is 10.0. The summed E-state index contributed by atoms with van der Waals surface area (Å²) >= 11 is 9.43. The standard InChI is InChI=1S/C14H16BrClN2O/c1-8-2-10-6-17-7-13(10)18(8)14(19)9-3-11(15)5-12(16)4-9/h3-5,8,10,13,17H,2,6-7H2,1H3. The van der Waals surface area contributed by atoms with Crippen LogP contribution in [0.1, 0.15) is 23.7 Å². The highest BCUT2D eigenvalue weighted by molar-refractivity contribution is 9.10. The number of fused-ring (bicyclic) bond motifs is 1. The van der Waals surface area contributed by atoms with Crippen molar-refractivity contribution < 1.29 is 4.79 Å². The first kappa shape index (κ1) is 13.4. The maximum atomic E-state index is 12.7. The molecule has 0 saturated carbocycles. The van der Waals surface area contributed by atoms with Gasteiger partial charge in [0, 0.05) is 40.2 Å². The third-order valence-corrected chi connectivity index (χ3v) is 4.80. The van der Waals surface area contributed by atoms with Crippen molar-refractivity contribution in [1.82, 2.24) is 10.2 Å². The van der Waals surface area contributed by atoms with Gasteiger partial charge in [-0.15, -0.1) is 0 Å². The van der Waals surface area contributed by atoms with E-state index in [0.717, 1.165) is 24.0 Å². The predicted octanol–water partition coefficient (Wildman–Crippen LogP) is 2.92. The topological polar surface area (TPSA) is 32.3 Å². The number of nitrogens with one attached hydrogen (secondary N) is 1. The maximum Gasteiger partial charge on any atom is 0.254 e. The van der Waals surface area contributed by atoms with E-state index in [0.29, 0.717) is 28.6 Å². The van der Waals surface area contributed by atoms with E-state index in [1.54, 1.807) is 12.1 Å². The van der Waals surface area contributed by atoms with Crippen molar-refractivity contribution in [3.05, 3.63) is 33.3 Å². The first-order chi connectivity index (χ1) is 9.06. The van der Waals surface area contributed by atoms with Gasteiger partial charge in [0.05, 0.1) is 0 Å². The first-order valence-corrected chi connectivity index (χ1v) is 7.73. The van der Waals surface area contributed by atoms with Gasteiger partial charge in [-0.1, -0.05) is 27.5 Å². The first-order valence-electron chi connectivity index (χ1n) is 6.55. The predicted molar refractivity (Wildman–Crippen MR) is 79.5 cm³/mol. The van der Waals surface area contributed by atoms with Crippen LogP contribution in [0.3, 0.4) is 0 Å². The Balaban J connectivity index is 1.90. The van der Waals surface area contributed by atoms with E-state index in [1.807, 2.05) is 11.0 Å². The number of carbonyl (C=O) groups excluding carboxylic acids is 1. The molecule has 1 amide bonds. The lowest BCUT2D eigenvalue weighted by molar-refractivity contribution is 0.0682. The Morgan fingerprint density at radius 3 is 2.95 bits per heavy atom. The summed E-state index contributed by atoms with van der Waals surface area (Å²) < 4.78 is 0.844. The number of carbonyl (C=O) groups is 1.